The van der Waals surface area contributed by atoms with Gasteiger partial charge in [-0.25, -0.2) is 0 Å². The molecule has 1 saturated heterocycles. The van der Waals surface area contributed by atoms with Crippen molar-refractivity contribution >= 4 is 35.0 Å². The lowest BCUT2D eigenvalue weighted by molar-refractivity contribution is 0.0674. The van der Waals surface area contributed by atoms with Gasteiger partial charge in [-0.1, -0.05) is 23.2 Å². The molecule has 0 aliphatic carbocycles. The molecular weight excluding hydrogens is 305 g/mol. The van der Waals surface area contributed by atoms with E-state index in [0.29, 0.717) is 28.9 Å². The smallest absolute Gasteiger partial charge is 0.142 e. The minimum atomic E-state index is -0.597. The molecule has 1 heterocycles. The van der Waals surface area contributed by atoms with E-state index in [1.54, 1.807) is 24.9 Å². The number of ether oxygens (including phenoxy) is 1. The number of hydrogen-bond acceptors (Lipinski definition) is 4. The fourth-order valence-electron chi connectivity index (χ4n) is 2.14. The minimum absolute atomic E-state index is 0.502. The van der Waals surface area contributed by atoms with Gasteiger partial charge in [-0.15, -0.1) is 0 Å². The topological polar surface area (TPSA) is 41.5 Å². The number of nitrogens with one attached hydrogen (secondary N) is 1. The first-order valence-electron chi connectivity index (χ1n) is 6.07. The maximum atomic E-state index is 10.2. The molecule has 0 saturated carbocycles. The Hall–Kier alpha value is -0.130. The van der Waals surface area contributed by atoms with Gasteiger partial charge in [0.05, 0.1) is 17.7 Å². The van der Waals surface area contributed by atoms with E-state index in [1.165, 1.54) is 0 Å². The summed E-state index contributed by atoms with van der Waals surface area (Å²) in [6.45, 7) is 1.13. The second kappa shape index (κ2) is 6.55. The molecule has 106 valence electrons. The quantitative estimate of drug-likeness (QED) is 0.875. The zero-order valence-corrected chi connectivity index (χ0v) is 13.0. The lowest BCUT2D eigenvalue weighted by Crippen LogP contribution is -2.40. The van der Waals surface area contributed by atoms with Crippen molar-refractivity contribution in [1.82, 2.24) is 5.32 Å². The summed E-state index contributed by atoms with van der Waals surface area (Å²) in [4.78, 5) is 0. The number of benzene rings is 1. The summed E-state index contributed by atoms with van der Waals surface area (Å²) < 4.78 is 5.28. The summed E-state index contributed by atoms with van der Waals surface area (Å²) in [6.07, 6.45) is 0.831. The molecule has 0 spiro atoms. The molecule has 1 atom stereocenters. The van der Waals surface area contributed by atoms with Crippen LogP contribution in [0.4, 0.5) is 0 Å². The van der Waals surface area contributed by atoms with Crippen LogP contribution in [0.2, 0.25) is 10.0 Å². The van der Waals surface area contributed by atoms with Gasteiger partial charge in [-0.3, -0.25) is 0 Å². The van der Waals surface area contributed by atoms with E-state index in [-0.39, 0.29) is 0 Å². The summed E-state index contributed by atoms with van der Waals surface area (Å²) in [5.41, 5.74) is 0.301. The molecule has 2 rings (SSSR count). The van der Waals surface area contributed by atoms with E-state index in [9.17, 15) is 5.11 Å². The summed E-state index contributed by atoms with van der Waals surface area (Å²) >= 11 is 13.9. The predicted molar refractivity (Wildman–Crippen MR) is 81.6 cm³/mol. The van der Waals surface area contributed by atoms with Gasteiger partial charge in [0.25, 0.3) is 0 Å². The van der Waals surface area contributed by atoms with Crippen LogP contribution in [0.5, 0.6) is 5.75 Å². The van der Waals surface area contributed by atoms with Gasteiger partial charge in [-0.2, -0.15) is 11.8 Å². The number of rotatable bonds is 5. The Morgan fingerprint density at radius 2 is 2.26 bits per heavy atom. The van der Waals surface area contributed by atoms with Crippen molar-refractivity contribution in [2.75, 3.05) is 25.2 Å². The van der Waals surface area contributed by atoms with Gasteiger partial charge in [0, 0.05) is 29.4 Å². The van der Waals surface area contributed by atoms with Crippen LogP contribution in [-0.4, -0.2) is 35.9 Å². The zero-order valence-electron chi connectivity index (χ0n) is 10.7. The van der Waals surface area contributed by atoms with E-state index < -0.39 is 5.60 Å². The molecule has 0 radical (unpaired) electrons. The van der Waals surface area contributed by atoms with Gasteiger partial charge in [0.1, 0.15) is 5.75 Å². The summed E-state index contributed by atoms with van der Waals surface area (Å²) in [7, 11) is 1.58. The van der Waals surface area contributed by atoms with Gasteiger partial charge in [0.2, 0.25) is 0 Å². The molecule has 3 nitrogen and oxygen atoms in total. The largest absolute Gasteiger partial charge is 0.495 e. The van der Waals surface area contributed by atoms with Crippen molar-refractivity contribution in [2.45, 2.75) is 18.6 Å². The number of thioether (sulfide) groups is 1. The Morgan fingerprint density at radius 3 is 2.89 bits per heavy atom. The fourth-order valence-corrected chi connectivity index (χ4v) is 4.05. The molecule has 19 heavy (non-hydrogen) atoms. The summed E-state index contributed by atoms with van der Waals surface area (Å²) in [5.74, 6) is 2.43. The number of hydrogen-bond donors (Lipinski definition) is 2. The van der Waals surface area contributed by atoms with Crippen LogP contribution in [0.15, 0.2) is 12.1 Å². The summed E-state index contributed by atoms with van der Waals surface area (Å²) in [5, 5.41) is 14.6. The Kier molecular flexibility index (Phi) is 5.26. The first kappa shape index (κ1) is 15.3. The number of methoxy groups -OCH3 is 1. The van der Waals surface area contributed by atoms with Crippen LogP contribution in [0.3, 0.4) is 0 Å². The Balaban J connectivity index is 1.99. The van der Waals surface area contributed by atoms with E-state index >= 15 is 0 Å². The molecule has 0 aromatic heterocycles. The number of aliphatic hydroxyl groups is 1. The number of halogens is 2. The molecule has 1 aromatic rings. The van der Waals surface area contributed by atoms with Crippen LogP contribution in [0.1, 0.15) is 12.0 Å². The second-order valence-corrected chi connectivity index (χ2v) is 6.66. The molecular formula is C13H17Cl2NO2S. The molecule has 1 aliphatic rings. The maximum absolute atomic E-state index is 10.2. The minimum Gasteiger partial charge on any atom is -0.495 e. The molecule has 1 aromatic carbocycles. The third-order valence-electron chi connectivity index (χ3n) is 3.14. The first-order valence-corrected chi connectivity index (χ1v) is 7.98. The molecule has 2 N–H and O–H groups in total. The van der Waals surface area contributed by atoms with Crippen LogP contribution in [-0.2, 0) is 6.54 Å². The van der Waals surface area contributed by atoms with Crippen LogP contribution in [0, 0.1) is 0 Å². The highest BCUT2D eigenvalue weighted by Crippen LogP contribution is 2.32. The fraction of sp³-hybridized carbons (Fsp3) is 0.538. The van der Waals surface area contributed by atoms with Gasteiger partial charge in [0.15, 0.2) is 0 Å². The lowest BCUT2D eigenvalue weighted by Gasteiger charge is -2.22. The zero-order chi connectivity index (χ0) is 13.9. The Morgan fingerprint density at radius 1 is 1.47 bits per heavy atom. The first-order chi connectivity index (χ1) is 9.04. The maximum Gasteiger partial charge on any atom is 0.142 e. The molecule has 0 bridgehead atoms. The third-order valence-corrected chi connectivity index (χ3v) is 4.87. The van der Waals surface area contributed by atoms with Crippen LogP contribution >= 0.6 is 35.0 Å². The van der Waals surface area contributed by atoms with E-state index in [1.807, 2.05) is 6.07 Å². The molecule has 1 fully saturated rings. The molecule has 6 heteroatoms. The van der Waals surface area contributed by atoms with E-state index in [0.717, 1.165) is 23.5 Å². The van der Waals surface area contributed by atoms with Crippen molar-refractivity contribution in [3.8, 4) is 5.75 Å². The highest BCUT2D eigenvalue weighted by atomic mass is 35.5. The average molecular weight is 322 g/mol. The highest BCUT2D eigenvalue weighted by Gasteiger charge is 2.31. The van der Waals surface area contributed by atoms with Crippen LogP contribution in [0.25, 0.3) is 0 Å². The van der Waals surface area contributed by atoms with Gasteiger partial charge < -0.3 is 15.2 Å². The van der Waals surface area contributed by atoms with Crippen molar-refractivity contribution < 1.29 is 9.84 Å². The SMILES string of the molecule is COc1c(Cl)cc(Cl)cc1CNCC1(O)CCSC1. The van der Waals surface area contributed by atoms with Crippen molar-refractivity contribution in [2.24, 2.45) is 0 Å². The highest BCUT2D eigenvalue weighted by molar-refractivity contribution is 7.99. The van der Waals surface area contributed by atoms with Gasteiger partial charge in [-0.05, 0) is 24.3 Å². The van der Waals surface area contributed by atoms with Crippen LogP contribution < -0.4 is 10.1 Å². The third kappa shape index (κ3) is 3.92. The molecule has 1 unspecified atom stereocenters. The Labute approximate surface area is 127 Å². The van der Waals surface area contributed by atoms with E-state index in [4.69, 9.17) is 27.9 Å². The van der Waals surface area contributed by atoms with E-state index in [2.05, 4.69) is 5.32 Å². The average Bonchev–Trinajstić information content (AvgIpc) is 2.76. The normalized spacial score (nSPS) is 22.7. The molecule has 1 aliphatic heterocycles. The second-order valence-electron chi connectivity index (χ2n) is 4.71. The molecule has 0 amide bonds. The standard InChI is InChI=1S/C13H17Cl2NO2S/c1-18-12-9(4-10(14)5-11(12)15)6-16-7-13(17)2-3-19-8-13/h4-5,16-17H,2-3,6-8H2,1H3. The lowest BCUT2D eigenvalue weighted by atomic mass is 10.0. The Bertz CT molecular complexity index is 451. The summed E-state index contributed by atoms with van der Waals surface area (Å²) in [6, 6.07) is 3.49. The van der Waals surface area contributed by atoms with Crippen molar-refractivity contribution in [3.05, 3.63) is 27.7 Å². The van der Waals surface area contributed by atoms with Gasteiger partial charge >= 0.3 is 0 Å². The monoisotopic (exact) mass is 321 g/mol. The van der Waals surface area contributed by atoms with Crippen molar-refractivity contribution in [3.63, 3.8) is 0 Å². The predicted octanol–water partition coefficient (Wildman–Crippen LogP) is 2.96. The van der Waals surface area contributed by atoms with Crippen molar-refractivity contribution in [1.29, 1.82) is 0 Å².